The molecule has 0 aliphatic carbocycles. The number of aliphatic hydroxyl groups excluding tert-OH is 1. The zero-order chi connectivity index (χ0) is 24.8. The molecule has 0 radical (unpaired) electrons. The second-order valence-electron chi connectivity index (χ2n) is 9.64. The summed E-state index contributed by atoms with van der Waals surface area (Å²) in [6, 6.07) is 15.8. The molecule has 0 amide bonds. The lowest BCUT2D eigenvalue weighted by Gasteiger charge is -2.36. The first kappa shape index (κ1) is 22.6. The van der Waals surface area contributed by atoms with Gasteiger partial charge in [0.15, 0.2) is 5.78 Å². The van der Waals surface area contributed by atoms with Crippen LogP contribution in [-0.2, 0) is 4.79 Å². The third kappa shape index (κ3) is 3.90. The monoisotopic (exact) mass is 483 g/mol. The Morgan fingerprint density at radius 3 is 2.78 bits per heavy atom. The van der Waals surface area contributed by atoms with Crippen LogP contribution in [-0.4, -0.2) is 61.0 Å². The van der Waals surface area contributed by atoms with Crippen LogP contribution in [0.4, 0.5) is 11.8 Å². The Labute approximate surface area is 209 Å². The van der Waals surface area contributed by atoms with Gasteiger partial charge in [0.25, 0.3) is 0 Å². The number of hydrogen-bond acceptors (Lipinski definition) is 8. The van der Waals surface area contributed by atoms with E-state index < -0.39 is 12.1 Å². The molecule has 6 rings (SSSR count). The number of nitrogens with zero attached hydrogens (tertiary/aromatic N) is 5. The molecule has 3 N–H and O–H groups in total. The van der Waals surface area contributed by atoms with E-state index in [0.717, 1.165) is 35.7 Å². The summed E-state index contributed by atoms with van der Waals surface area (Å²) in [5, 5.41) is 17.0. The Morgan fingerprint density at radius 2 is 1.97 bits per heavy atom. The molecule has 184 valence electrons. The number of fused-ring (bicyclic) bond motifs is 3. The van der Waals surface area contributed by atoms with E-state index in [0.29, 0.717) is 5.95 Å². The molecule has 1 aromatic carbocycles. The van der Waals surface area contributed by atoms with Crippen molar-refractivity contribution in [3.05, 3.63) is 72.7 Å². The van der Waals surface area contributed by atoms with Gasteiger partial charge in [0.05, 0.1) is 5.69 Å². The van der Waals surface area contributed by atoms with Gasteiger partial charge in [-0.25, -0.2) is 15.0 Å². The van der Waals surface area contributed by atoms with Crippen LogP contribution in [0.3, 0.4) is 0 Å². The topological polar surface area (TPSA) is 108 Å². The Morgan fingerprint density at radius 1 is 1.14 bits per heavy atom. The number of benzene rings is 1. The lowest BCUT2D eigenvalue weighted by molar-refractivity contribution is -0.128. The number of pyridine rings is 1. The second-order valence-corrected chi connectivity index (χ2v) is 9.64. The maximum absolute atomic E-state index is 13.0. The first-order chi connectivity index (χ1) is 17.5. The molecule has 2 aliphatic heterocycles. The Balaban J connectivity index is 1.38. The minimum atomic E-state index is -1.04. The number of aromatic nitrogens is 4. The van der Waals surface area contributed by atoms with E-state index in [1.165, 1.54) is 12.5 Å². The molecule has 36 heavy (non-hydrogen) atoms. The number of ketones is 1. The number of carbonyl (C=O) groups is 1. The SMILES string of the molecule is C[C@H](O)C(=O)C1C2CC(CN2)N1c1nc(-c2ccnc(N[C@@H](C)c3ccccc3)c2)cc2nccn12. The lowest BCUT2D eigenvalue weighted by atomic mass is 10.0. The van der Waals surface area contributed by atoms with Crippen molar-refractivity contribution in [2.45, 2.75) is 50.5 Å². The van der Waals surface area contributed by atoms with Crippen molar-refractivity contribution in [2.75, 3.05) is 16.8 Å². The predicted molar refractivity (Wildman–Crippen MR) is 138 cm³/mol. The lowest BCUT2D eigenvalue weighted by Crippen LogP contribution is -2.57. The van der Waals surface area contributed by atoms with Crippen LogP contribution in [0.15, 0.2) is 67.1 Å². The summed E-state index contributed by atoms with van der Waals surface area (Å²) in [6.45, 7) is 4.41. The van der Waals surface area contributed by atoms with Gasteiger partial charge in [-0.3, -0.25) is 9.20 Å². The van der Waals surface area contributed by atoms with Gasteiger partial charge < -0.3 is 20.6 Å². The van der Waals surface area contributed by atoms with Gasteiger partial charge in [-0.15, -0.1) is 0 Å². The molecule has 4 aromatic rings. The Kier molecular flexibility index (Phi) is 5.66. The molecule has 2 fully saturated rings. The minimum Gasteiger partial charge on any atom is -0.386 e. The van der Waals surface area contributed by atoms with Crippen LogP contribution in [0.25, 0.3) is 16.9 Å². The number of piperazine rings is 1. The van der Waals surface area contributed by atoms with Crippen molar-refractivity contribution in [1.29, 1.82) is 0 Å². The number of imidazole rings is 1. The fraction of sp³-hybridized carbons (Fsp3) is 0.333. The van der Waals surface area contributed by atoms with Crippen molar-refractivity contribution >= 4 is 23.2 Å². The molecule has 2 saturated heterocycles. The zero-order valence-corrected chi connectivity index (χ0v) is 20.2. The number of carbonyl (C=O) groups excluding carboxylic acids is 1. The fourth-order valence-corrected chi connectivity index (χ4v) is 5.44. The molecule has 0 spiro atoms. The zero-order valence-electron chi connectivity index (χ0n) is 20.2. The number of anilines is 2. The van der Waals surface area contributed by atoms with Gasteiger partial charge in [0.1, 0.15) is 23.6 Å². The van der Waals surface area contributed by atoms with Gasteiger partial charge in [-0.1, -0.05) is 30.3 Å². The third-order valence-corrected chi connectivity index (χ3v) is 7.24. The molecule has 9 heteroatoms. The van der Waals surface area contributed by atoms with Crippen LogP contribution in [0.1, 0.15) is 31.9 Å². The van der Waals surface area contributed by atoms with E-state index in [1.807, 2.05) is 47.0 Å². The van der Waals surface area contributed by atoms with Crippen LogP contribution in [0.5, 0.6) is 0 Å². The molecular formula is C27H29N7O2. The summed E-state index contributed by atoms with van der Waals surface area (Å²) in [4.78, 5) is 29.2. The molecule has 3 unspecified atom stereocenters. The summed E-state index contributed by atoms with van der Waals surface area (Å²) >= 11 is 0. The number of Topliss-reactive ketones (excluding diaryl/α,β-unsaturated/α-hetero) is 1. The highest BCUT2D eigenvalue weighted by atomic mass is 16.3. The van der Waals surface area contributed by atoms with E-state index in [9.17, 15) is 9.90 Å². The number of rotatable bonds is 7. The smallest absolute Gasteiger partial charge is 0.212 e. The van der Waals surface area contributed by atoms with Crippen LogP contribution >= 0.6 is 0 Å². The normalized spacial score (nSPS) is 22.6. The van der Waals surface area contributed by atoms with Gasteiger partial charge in [-0.2, -0.15) is 0 Å². The predicted octanol–water partition coefficient (Wildman–Crippen LogP) is 2.83. The Bertz CT molecular complexity index is 1400. The standard InChI is InChI=1S/C27H29N7O2/c1-16(18-6-4-3-5-7-18)31-23-12-19(8-9-28-23)21-14-24-29-10-11-33(24)27(32-21)34-20-13-22(30-15-20)25(34)26(36)17(2)35/h3-12,14,16-17,20,22,25,30,35H,13,15H2,1-2H3,(H,28,31)/t16-,17-,20?,22?,25?/m0/s1. The van der Waals surface area contributed by atoms with Crippen LogP contribution in [0, 0.1) is 0 Å². The summed E-state index contributed by atoms with van der Waals surface area (Å²) < 4.78 is 1.92. The van der Waals surface area contributed by atoms with E-state index in [-0.39, 0.29) is 23.9 Å². The fourth-order valence-electron chi connectivity index (χ4n) is 5.44. The maximum atomic E-state index is 13.0. The maximum Gasteiger partial charge on any atom is 0.212 e. The summed E-state index contributed by atoms with van der Waals surface area (Å²) in [5.74, 6) is 1.22. The number of aliphatic hydroxyl groups is 1. The van der Waals surface area contributed by atoms with Crippen molar-refractivity contribution in [2.24, 2.45) is 0 Å². The van der Waals surface area contributed by atoms with Crippen LogP contribution < -0.4 is 15.5 Å². The van der Waals surface area contributed by atoms with E-state index in [4.69, 9.17) is 4.98 Å². The van der Waals surface area contributed by atoms with Crippen molar-refractivity contribution in [3.8, 4) is 11.3 Å². The first-order valence-corrected chi connectivity index (χ1v) is 12.3. The summed E-state index contributed by atoms with van der Waals surface area (Å²) in [5.41, 5.74) is 3.58. The molecule has 2 aliphatic rings. The van der Waals surface area contributed by atoms with Crippen molar-refractivity contribution in [3.63, 3.8) is 0 Å². The molecule has 5 atom stereocenters. The highest BCUT2D eigenvalue weighted by Gasteiger charge is 2.51. The molecular weight excluding hydrogens is 454 g/mol. The molecule has 0 saturated carbocycles. The number of hydrogen-bond donors (Lipinski definition) is 3. The minimum absolute atomic E-state index is 0.00247. The van der Waals surface area contributed by atoms with E-state index >= 15 is 0 Å². The number of nitrogens with one attached hydrogen (secondary N) is 2. The Hall–Kier alpha value is -3.82. The van der Waals surface area contributed by atoms with E-state index in [1.54, 1.807) is 12.4 Å². The highest BCUT2D eigenvalue weighted by Crippen LogP contribution is 2.36. The average molecular weight is 484 g/mol. The molecule has 9 nitrogen and oxygen atoms in total. The third-order valence-electron chi connectivity index (χ3n) is 7.24. The average Bonchev–Trinajstić information content (AvgIpc) is 3.64. The molecule has 3 aromatic heterocycles. The summed E-state index contributed by atoms with van der Waals surface area (Å²) in [6.07, 6.45) is 5.18. The molecule has 5 heterocycles. The quantitative estimate of drug-likeness (QED) is 0.368. The summed E-state index contributed by atoms with van der Waals surface area (Å²) in [7, 11) is 0. The van der Waals surface area contributed by atoms with Crippen molar-refractivity contribution < 1.29 is 9.90 Å². The molecule has 2 bridgehead atoms. The van der Waals surface area contributed by atoms with Crippen molar-refractivity contribution in [1.82, 2.24) is 24.7 Å². The highest BCUT2D eigenvalue weighted by molar-refractivity contribution is 5.92. The van der Waals surface area contributed by atoms with E-state index in [2.05, 4.69) is 44.6 Å². The van der Waals surface area contributed by atoms with Gasteiger partial charge in [0, 0.05) is 54.9 Å². The van der Waals surface area contributed by atoms with Gasteiger partial charge in [0.2, 0.25) is 5.95 Å². The first-order valence-electron chi connectivity index (χ1n) is 12.3. The second kappa shape index (κ2) is 9.00. The van der Waals surface area contributed by atoms with Crippen LogP contribution in [0.2, 0.25) is 0 Å². The largest absolute Gasteiger partial charge is 0.386 e. The van der Waals surface area contributed by atoms with Gasteiger partial charge >= 0.3 is 0 Å². The van der Waals surface area contributed by atoms with Gasteiger partial charge in [-0.05, 0) is 38.0 Å².